The topological polar surface area (TPSA) is 113 Å². The molecule has 174 valence electrons. The first-order chi connectivity index (χ1) is 15.5. The maximum absolute atomic E-state index is 13.0. The van der Waals surface area contributed by atoms with Gasteiger partial charge in [0.1, 0.15) is 23.0 Å². The van der Waals surface area contributed by atoms with E-state index in [9.17, 15) is 19.8 Å². The fraction of sp³-hybridized carbons (Fsp3) is 0.462. The van der Waals surface area contributed by atoms with Crippen LogP contribution in [-0.2, 0) is 17.6 Å². The van der Waals surface area contributed by atoms with E-state index in [0.717, 1.165) is 0 Å². The highest BCUT2D eigenvalue weighted by Gasteiger charge is 2.38. The van der Waals surface area contributed by atoms with Crippen molar-refractivity contribution < 1.29 is 24.3 Å². The fourth-order valence-electron chi connectivity index (χ4n) is 4.77. The van der Waals surface area contributed by atoms with Crippen molar-refractivity contribution in [2.24, 2.45) is 15.8 Å². The predicted molar refractivity (Wildman–Crippen MR) is 124 cm³/mol. The standard InChI is InChI=1S/C26H30N2O5/c1-25(2)11-17(27-15-7-5-6-8-18(15)29)23(20(31)12-25)19(30)10-9-16-24-21(32)13-26(3,4)14-22(24)33-28-16/h5-8,29-30H,9-14H2,1-4H3. The van der Waals surface area contributed by atoms with E-state index in [1.54, 1.807) is 18.2 Å². The number of Topliss-reactive ketones (excluding diaryl/α,β-unsaturated/α-hetero) is 2. The maximum atomic E-state index is 13.0. The van der Waals surface area contributed by atoms with Crippen LogP contribution >= 0.6 is 0 Å². The molecule has 1 fully saturated rings. The van der Waals surface area contributed by atoms with Crippen LogP contribution < -0.4 is 0 Å². The van der Waals surface area contributed by atoms with E-state index in [4.69, 9.17) is 4.52 Å². The lowest BCUT2D eigenvalue weighted by molar-refractivity contribution is -0.117. The zero-order chi connectivity index (χ0) is 24.0. The molecule has 1 heterocycles. The van der Waals surface area contributed by atoms with Gasteiger partial charge in [0, 0.05) is 32.1 Å². The summed E-state index contributed by atoms with van der Waals surface area (Å²) in [6.07, 6.45) is 2.25. The molecule has 0 bridgehead atoms. The van der Waals surface area contributed by atoms with Gasteiger partial charge < -0.3 is 14.7 Å². The monoisotopic (exact) mass is 450 g/mol. The quantitative estimate of drug-likeness (QED) is 0.474. The minimum Gasteiger partial charge on any atom is -0.511 e. The van der Waals surface area contributed by atoms with Crippen LogP contribution in [0.2, 0.25) is 0 Å². The van der Waals surface area contributed by atoms with Crippen molar-refractivity contribution >= 4 is 23.0 Å². The van der Waals surface area contributed by atoms with Crippen LogP contribution in [-0.4, -0.2) is 32.6 Å². The number of benzene rings is 1. The second-order valence-corrected chi connectivity index (χ2v) is 10.7. The summed E-state index contributed by atoms with van der Waals surface area (Å²) >= 11 is 0. The molecular weight excluding hydrogens is 420 g/mol. The summed E-state index contributed by atoms with van der Waals surface area (Å²) in [4.78, 5) is 30.2. The number of carbonyl (C=O) groups excluding carboxylic acids is 2. The van der Waals surface area contributed by atoms with E-state index >= 15 is 0 Å². The first-order valence-electron chi connectivity index (χ1n) is 11.3. The number of hydrogen-bond donors (Lipinski definition) is 2. The summed E-state index contributed by atoms with van der Waals surface area (Å²) in [5.74, 6) is 0.343. The highest BCUT2D eigenvalue weighted by atomic mass is 16.5. The Labute approximate surface area is 193 Å². The number of allylic oxidation sites excluding steroid dienone is 2. The Morgan fingerprint density at radius 2 is 1.70 bits per heavy atom. The van der Waals surface area contributed by atoms with E-state index in [2.05, 4.69) is 10.1 Å². The fourth-order valence-corrected chi connectivity index (χ4v) is 4.77. The molecule has 7 heteroatoms. The van der Waals surface area contributed by atoms with E-state index in [1.165, 1.54) is 6.07 Å². The Balaban J connectivity index is 1.64. The van der Waals surface area contributed by atoms with Crippen LogP contribution in [0.25, 0.3) is 0 Å². The van der Waals surface area contributed by atoms with Gasteiger partial charge in [-0.15, -0.1) is 0 Å². The first-order valence-corrected chi connectivity index (χ1v) is 11.3. The number of aryl methyl sites for hydroxylation is 1. The van der Waals surface area contributed by atoms with Crippen LogP contribution in [0.15, 0.2) is 45.1 Å². The summed E-state index contributed by atoms with van der Waals surface area (Å²) < 4.78 is 5.45. The van der Waals surface area contributed by atoms with Crippen LogP contribution in [0.4, 0.5) is 5.69 Å². The zero-order valence-corrected chi connectivity index (χ0v) is 19.6. The van der Waals surface area contributed by atoms with Crippen LogP contribution in [0.1, 0.15) is 75.2 Å². The molecule has 0 unspecified atom stereocenters. The molecule has 0 spiro atoms. The minimum absolute atomic E-state index is 0.00180. The van der Waals surface area contributed by atoms with Crippen molar-refractivity contribution in [2.75, 3.05) is 0 Å². The van der Waals surface area contributed by atoms with Crippen molar-refractivity contribution in [1.29, 1.82) is 0 Å². The van der Waals surface area contributed by atoms with E-state index in [-0.39, 0.29) is 52.3 Å². The van der Waals surface area contributed by atoms with Crippen molar-refractivity contribution in [3.63, 3.8) is 0 Å². The lowest BCUT2D eigenvalue weighted by Crippen LogP contribution is -2.32. The molecule has 0 aliphatic heterocycles. The number of fused-ring (bicyclic) bond motifs is 1. The number of hydrogen-bond acceptors (Lipinski definition) is 7. The number of carbonyl (C=O) groups is 2. The number of ketones is 2. The molecule has 7 nitrogen and oxygen atoms in total. The third kappa shape index (κ3) is 4.77. The molecule has 1 aromatic carbocycles. The van der Waals surface area contributed by atoms with Gasteiger partial charge in [-0.1, -0.05) is 45.0 Å². The Hall–Kier alpha value is -3.22. The van der Waals surface area contributed by atoms with Crippen molar-refractivity contribution in [3.8, 4) is 5.75 Å². The first kappa shape index (κ1) is 23.0. The Bertz CT molecular complexity index is 1180. The van der Waals surface area contributed by atoms with Gasteiger partial charge in [-0.2, -0.15) is 0 Å². The average molecular weight is 451 g/mol. The van der Waals surface area contributed by atoms with Gasteiger partial charge >= 0.3 is 0 Å². The number of phenolic OH excluding ortho intramolecular Hbond substituents is 1. The molecule has 2 N–H and O–H groups in total. The van der Waals surface area contributed by atoms with Gasteiger partial charge in [-0.3, -0.25) is 9.59 Å². The summed E-state index contributed by atoms with van der Waals surface area (Å²) in [5.41, 5.74) is 1.56. The smallest absolute Gasteiger partial charge is 0.168 e. The van der Waals surface area contributed by atoms with Gasteiger partial charge in [0.05, 0.1) is 22.5 Å². The van der Waals surface area contributed by atoms with Crippen molar-refractivity contribution in [3.05, 3.63) is 52.6 Å². The number of aromatic hydroxyl groups is 1. The second kappa shape index (κ2) is 8.28. The molecule has 33 heavy (non-hydrogen) atoms. The molecule has 2 aromatic rings. The Morgan fingerprint density at radius 3 is 2.42 bits per heavy atom. The lowest BCUT2D eigenvalue weighted by Gasteiger charge is -2.31. The third-order valence-electron chi connectivity index (χ3n) is 6.27. The molecule has 0 radical (unpaired) electrons. The van der Waals surface area contributed by atoms with Gasteiger partial charge in [0.2, 0.25) is 0 Å². The van der Waals surface area contributed by atoms with Crippen LogP contribution in [0.3, 0.4) is 0 Å². The van der Waals surface area contributed by atoms with Gasteiger partial charge in [-0.25, -0.2) is 4.99 Å². The number of rotatable bonds is 4. The number of aromatic nitrogens is 1. The minimum atomic E-state index is -0.311. The van der Waals surface area contributed by atoms with Gasteiger partial charge in [0.15, 0.2) is 11.6 Å². The summed E-state index contributed by atoms with van der Waals surface area (Å²) in [6, 6.07) is 6.65. The van der Waals surface area contributed by atoms with E-state index in [0.29, 0.717) is 54.1 Å². The molecule has 2 aliphatic carbocycles. The molecule has 1 saturated carbocycles. The normalized spacial score (nSPS) is 22.4. The largest absolute Gasteiger partial charge is 0.511 e. The van der Waals surface area contributed by atoms with Crippen LogP contribution in [0, 0.1) is 10.8 Å². The molecule has 1 aromatic heterocycles. The predicted octanol–water partition coefficient (Wildman–Crippen LogP) is 5.44. The molecular formula is C26H30N2O5. The number of aliphatic imine (C=N–C) groups is 1. The van der Waals surface area contributed by atoms with E-state index < -0.39 is 0 Å². The molecule has 0 atom stereocenters. The molecule has 2 aliphatic rings. The SMILES string of the molecule is CC1(C)CC(=O)C(=C(O)CCc2noc3c2C(=O)CC(C)(C)C3)C(=Nc2ccccc2O)C1. The van der Waals surface area contributed by atoms with Gasteiger partial charge in [0.25, 0.3) is 0 Å². The average Bonchev–Trinajstić information content (AvgIpc) is 3.08. The molecule has 4 rings (SSSR count). The van der Waals surface area contributed by atoms with Gasteiger partial charge in [-0.05, 0) is 29.4 Å². The highest BCUT2D eigenvalue weighted by molar-refractivity contribution is 6.25. The van der Waals surface area contributed by atoms with E-state index in [1.807, 2.05) is 27.7 Å². The molecule has 0 amide bonds. The van der Waals surface area contributed by atoms with Crippen LogP contribution in [0.5, 0.6) is 5.75 Å². The maximum Gasteiger partial charge on any atom is 0.168 e. The number of aliphatic hydroxyl groups is 1. The summed E-state index contributed by atoms with van der Waals surface area (Å²) in [5, 5.41) is 25.2. The lowest BCUT2D eigenvalue weighted by atomic mass is 9.73. The van der Waals surface area contributed by atoms with Crippen molar-refractivity contribution in [1.82, 2.24) is 5.16 Å². The molecule has 0 saturated heterocycles. The Kier molecular flexibility index (Phi) is 5.76. The number of nitrogens with zero attached hydrogens (tertiary/aromatic N) is 2. The highest BCUT2D eigenvalue weighted by Crippen LogP contribution is 2.39. The number of aliphatic hydroxyl groups excluding tert-OH is 1. The number of phenols is 1. The third-order valence-corrected chi connectivity index (χ3v) is 6.27. The summed E-state index contributed by atoms with van der Waals surface area (Å²) in [7, 11) is 0. The number of para-hydroxylation sites is 2. The zero-order valence-electron chi connectivity index (χ0n) is 19.6. The summed E-state index contributed by atoms with van der Waals surface area (Å²) in [6.45, 7) is 8.00. The Morgan fingerprint density at radius 1 is 1.03 bits per heavy atom. The second-order valence-electron chi connectivity index (χ2n) is 10.7. The van der Waals surface area contributed by atoms with Crippen molar-refractivity contribution in [2.45, 2.75) is 66.2 Å².